The Hall–Kier alpha value is -1.43. The number of carbonyl (C=O) groups excluding carboxylic acids is 1. The van der Waals surface area contributed by atoms with Gasteiger partial charge in [0.1, 0.15) is 5.78 Å². The molecule has 0 spiro atoms. The molecule has 0 bridgehead atoms. The van der Waals surface area contributed by atoms with Gasteiger partial charge in [0.2, 0.25) is 0 Å². The SMILES string of the molecule is COc1ccc(CC(=O)CC2CCS(=O)(=O)C2)cc1F. The molecule has 1 unspecified atom stereocenters. The highest BCUT2D eigenvalue weighted by molar-refractivity contribution is 7.91. The van der Waals surface area contributed by atoms with Crippen molar-refractivity contribution < 1.29 is 22.3 Å². The molecule has 1 fully saturated rings. The van der Waals surface area contributed by atoms with Crippen molar-refractivity contribution >= 4 is 15.6 Å². The number of sulfone groups is 1. The van der Waals surface area contributed by atoms with Gasteiger partial charge in [0, 0.05) is 12.8 Å². The Morgan fingerprint density at radius 2 is 2.20 bits per heavy atom. The van der Waals surface area contributed by atoms with Crippen molar-refractivity contribution in [3.8, 4) is 5.75 Å². The highest BCUT2D eigenvalue weighted by Crippen LogP contribution is 2.23. The van der Waals surface area contributed by atoms with Crippen molar-refractivity contribution in [2.75, 3.05) is 18.6 Å². The maximum atomic E-state index is 13.5. The van der Waals surface area contributed by atoms with Crippen LogP contribution >= 0.6 is 0 Å². The van der Waals surface area contributed by atoms with E-state index in [1.165, 1.54) is 19.2 Å². The first kappa shape index (κ1) is 15.0. The number of Topliss-reactive ketones (excluding diaryl/α,β-unsaturated/α-hetero) is 1. The lowest BCUT2D eigenvalue weighted by molar-refractivity contribution is -0.119. The van der Waals surface area contributed by atoms with Crippen LogP contribution in [-0.2, 0) is 21.1 Å². The minimum Gasteiger partial charge on any atom is -0.494 e. The maximum Gasteiger partial charge on any atom is 0.165 e. The topological polar surface area (TPSA) is 60.4 Å². The number of benzene rings is 1. The molecule has 1 aliphatic heterocycles. The Balaban J connectivity index is 1.93. The summed E-state index contributed by atoms with van der Waals surface area (Å²) in [5.74, 6) is -0.241. The molecule has 0 amide bonds. The molecule has 1 aliphatic rings. The van der Waals surface area contributed by atoms with Gasteiger partial charge in [-0.3, -0.25) is 4.79 Å². The Kier molecular flexibility index (Phi) is 4.42. The second-order valence-electron chi connectivity index (χ2n) is 5.16. The number of methoxy groups -OCH3 is 1. The van der Waals surface area contributed by atoms with E-state index >= 15 is 0 Å². The second kappa shape index (κ2) is 5.91. The largest absolute Gasteiger partial charge is 0.494 e. The quantitative estimate of drug-likeness (QED) is 0.831. The van der Waals surface area contributed by atoms with E-state index in [-0.39, 0.29) is 41.8 Å². The summed E-state index contributed by atoms with van der Waals surface area (Å²) >= 11 is 0. The summed E-state index contributed by atoms with van der Waals surface area (Å²) in [5.41, 5.74) is 0.578. The van der Waals surface area contributed by atoms with Crippen molar-refractivity contribution in [1.82, 2.24) is 0 Å². The monoisotopic (exact) mass is 300 g/mol. The predicted octanol–water partition coefficient (Wildman–Crippen LogP) is 1.77. The molecule has 0 radical (unpaired) electrons. The third kappa shape index (κ3) is 3.79. The highest BCUT2D eigenvalue weighted by Gasteiger charge is 2.29. The van der Waals surface area contributed by atoms with Crippen LogP contribution in [0.3, 0.4) is 0 Å². The van der Waals surface area contributed by atoms with Gasteiger partial charge >= 0.3 is 0 Å². The van der Waals surface area contributed by atoms with Crippen LogP contribution in [0.5, 0.6) is 5.75 Å². The first-order valence-electron chi connectivity index (χ1n) is 6.44. The van der Waals surface area contributed by atoms with E-state index in [9.17, 15) is 17.6 Å². The summed E-state index contributed by atoms with van der Waals surface area (Å²) in [4.78, 5) is 11.9. The molecule has 20 heavy (non-hydrogen) atoms. The molecule has 2 rings (SSSR count). The molecule has 0 saturated carbocycles. The average Bonchev–Trinajstić information content (AvgIpc) is 2.68. The molecular weight excluding hydrogens is 283 g/mol. The molecule has 110 valence electrons. The van der Waals surface area contributed by atoms with Gasteiger partial charge in [-0.1, -0.05) is 6.07 Å². The van der Waals surface area contributed by atoms with E-state index < -0.39 is 15.7 Å². The summed E-state index contributed by atoms with van der Waals surface area (Å²) in [7, 11) is -1.58. The first-order valence-corrected chi connectivity index (χ1v) is 8.26. The van der Waals surface area contributed by atoms with Gasteiger partial charge in [-0.25, -0.2) is 12.8 Å². The number of carbonyl (C=O) groups is 1. The molecule has 1 saturated heterocycles. The first-order chi connectivity index (χ1) is 9.39. The smallest absolute Gasteiger partial charge is 0.165 e. The Morgan fingerprint density at radius 3 is 2.75 bits per heavy atom. The van der Waals surface area contributed by atoms with Gasteiger partial charge in [-0.05, 0) is 30.0 Å². The van der Waals surface area contributed by atoms with Crippen LogP contribution in [-0.4, -0.2) is 32.8 Å². The van der Waals surface area contributed by atoms with E-state index in [1.807, 2.05) is 0 Å². The summed E-state index contributed by atoms with van der Waals surface area (Å²) in [6, 6.07) is 4.41. The van der Waals surface area contributed by atoms with Gasteiger partial charge in [-0.15, -0.1) is 0 Å². The fourth-order valence-electron chi connectivity index (χ4n) is 2.47. The predicted molar refractivity (Wildman–Crippen MR) is 73.0 cm³/mol. The molecular formula is C14H17FO4S. The Morgan fingerprint density at radius 1 is 1.45 bits per heavy atom. The molecule has 1 aromatic rings. The number of ether oxygens (including phenoxy) is 1. The van der Waals surface area contributed by atoms with E-state index in [4.69, 9.17) is 4.74 Å². The van der Waals surface area contributed by atoms with Crippen molar-refractivity contribution in [3.05, 3.63) is 29.6 Å². The minimum absolute atomic E-state index is 0.0586. The van der Waals surface area contributed by atoms with Crippen molar-refractivity contribution in [3.63, 3.8) is 0 Å². The average molecular weight is 300 g/mol. The summed E-state index contributed by atoms with van der Waals surface area (Å²) in [6.07, 6.45) is 0.912. The zero-order chi connectivity index (χ0) is 14.8. The molecule has 6 heteroatoms. The Bertz CT molecular complexity index is 610. The summed E-state index contributed by atoms with van der Waals surface area (Å²) < 4.78 is 40.9. The third-order valence-electron chi connectivity index (χ3n) is 3.46. The van der Waals surface area contributed by atoms with Crippen molar-refractivity contribution in [2.45, 2.75) is 19.3 Å². The molecule has 0 aromatic heterocycles. The number of rotatable bonds is 5. The van der Waals surface area contributed by atoms with Crippen LogP contribution in [0.2, 0.25) is 0 Å². The summed E-state index contributed by atoms with van der Waals surface area (Å²) in [5, 5.41) is 0. The van der Waals surface area contributed by atoms with Crippen molar-refractivity contribution in [1.29, 1.82) is 0 Å². The lowest BCUT2D eigenvalue weighted by atomic mass is 9.98. The van der Waals surface area contributed by atoms with E-state index in [1.54, 1.807) is 6.07 Å². The lowest BCUT2D eigenvalue weighted by Gasteiger charge is -2.08. The summed E-state index contributed by atoms with van der Waals surface area (Å²) in [6.45, 7) is 0. The number of hydrogen-bond donors (Lipinski definition) is 0. The molecule has 1 atom stereocenters. The van der Waals surface area contributed by atoms with Crippen LogP contribution in [0.15, 0.2) is 18.2 Å². The number of ketones is 1. The van der Waals surface area contributed by atoms with E-state index in [0.29, 0.717) is 12.0 Å². The Labute approximate surface area is 117 Å². The van der Waals surface area contributed by atoms with Gasteiger partial charge in [0.25, 0.3) is 0 Å². The fraction of sp³-hybridized carbons (Fsp3) is 0.500. The fourth-order valence-corrected chi connectivity index (χ4v) is 4.34. The molecule has 0 N–H and O–H groups in total. The van der Waals surface area contributed by atoms with Crippen LogP contribution in [0.4, 0.5) is 4.39 Å². The zero-order valence-electron chi connectivity index (χ0n) is 11.3. The van der Waals surface area contributed by atoms with Gasteiger partial charge < -0.3 is 4.74 Å². The molecule has 0 aliphatic carbocycles. The number of halogens is 1. The zero-order valence-corrected chi connectivity index (χ0v) is 12.1. The van der Waals surface area contributed by atoms with Crippen LogP contribution in [0.1, 0.15) is 18.4 Å². The normalized spacial score (nSPS) is 20.8. The highest BCUT2D eigenvalue weighted by atomic mass is 32.2. The van der Waals surface area contributed by atoms with E-state index in [0.717, 1.165) is 0 Å². The van der Waals surface area contributed by atoms with Gasteiger partial charge in [-0.2, -0.15) is 0 Å². The molecule has 1 heterocycles. The van der Waals surface area contributed by atoms with Crippen molar-refractivity contribution in [2.24, 2.45) is 5.92 Å². The molecule has 4 nitrogen and oxygen atoms in total. The third-order valence-corrected chi connectivity index (χ3v) is 5.30. The minimum atomic E-state index is -2.96. The van der Waals surface area contributed by atoms with Crippen LogP contribution in [0.25, 0.3) is 0 Å². The van der Waals surface area contributed by atoms with Gasteiger partial charge in [0.05, 0.1) is 18.6 Å². The van der Waals surface area contributed by atoms with E-state index in [2.05, 4.69) is 0 Å². The molecule has 1 aromatic carbocycles. The number of hydrogen-bond acceptors (Lipinski definition) is 4. The van der Waals surface area contributed by atoms with Crippen LogP contribution < -0.4 is 4.74 Å². The van der Waals surface area contributed by atoms with Crippen LogP contribution in [0, 0.1) is 11.7 Å². The maximum absolute atomic E-state index is 13.5. The standard InChI is InChI=1S/C14H17FO4S/c1-19-14-3-2-10(8-13(14)15)6-12(16)7-11-4-5-20(17,18)9-11/h2-3,8,11H,4-7,9H2,1H3. The lowest BCUT2D eigenvalue weighted by Crippen LogP contribution is -2.12. The van der Waals surface area contributed by atoms with Gasteiger partial charge in [0.15, 0.2) is 21.4 Å². The second-order valence-corrected chi connectivity index (χ2v) is 7.39.